The average molecular weight is 241 g/mol. The molecule has 86 valence electrons. The van der Waals surface area contributed by atoms with Crippen LogP contribution in [0.1, 0.15) is 20.8 Å². The Balaban J connectivity index is 2.52. The van der Waals surface area contributed by atoms with Crippen molar-refractivity contribution in [3.63, 3.8) is 0 Å². The van der Waals surface area contributed by atoms with Crippen molar-refractivity contribution < 1.29 is 4.79 Å². The monoisotopic (exact) mass is 240 g/mol. The molecular weight excluding hydrogens is 228 g/mol. The number of nitrogens with zero attached hydrogens (tertiary/aromatic N) is 3. The van der Waals surface area contributed by atoms with Crippen LogP contribution in [0.25, 0.3) is 0 Å². The topological polar surface area (TPSA) is 58.1 Å². The molecule has 0 bridgehead atoms. The van der Waals surface area contributed by atoms with Crippen LogP contribution >= 0.6 is 11.6 Å². The van der Waals surface area contributed by atoms with Gasteiger partial charge in [-0.1, -0.05) is 0 Å². The van der Waals surface area contributed by atoms with Crippen LogP contribution in [0.4, 0.5) is 11.5 Å². The van der Waals surface area contributed by atoms with E-state index in [-0.39, 0.29) is 23.3 Å². The third kappa shape index (κ3) is 1.95. The summed E-state index contributed by atoms with van der Waals surface area (Å²) in [6, 6.07) is 0. The maximum atomic E-state index is 11.5. The highest BCUT2D eigenvalue weighted by molar-refractivity contribution is 6.28. The molecule has 5 nitrogen and oxygen atoms in total. The molecule has 0 saturated heterocycles. The molecular formula is C10H13ClN4O. The summed E-state index contributed by atoms with van der Waals surface area (Å²) < 4.78 is 0. The second-order valence-electron chi connectivity index (χ2n) is 4.68. The molecule has 2 rings (SSSR count). The molecule has 1 N–H and O–H groups in total. The van der Waals surface area contributed by atoms with Crippen molar-refractivity contribution in [3.05, 3.63) is 11.5 Å². The number of carbonyl (C=O) groups is 1. The average Bonchev–Trinajstić information content (AvgIpc) is 2.16. The van der Waals surface area contributed by atoms with Crippen molar-refractivity contribution in [2.24, 2.45) is 0 Å². The molecule has 0 fully saturated rings. The molecule has 1 amide bonds. The minimum Gasteiger partial charge on any atom is -0.341 e. The van der Waals surface area contributed by atoms with Gasteiger partial charge in [-0.05, 0) is 32.4 Å². The Hall–Kier alpha value is -1.36. The zero-order valence-electron chi connectivity index (χ0n) is 9.41. The van der Waals surface area contributed by atoms with Crippen LogP contribution in [0.15, 0.2) is 6.20 Å². The lowest BCUT2D eigenvalue weighted by molar-refractivity contribution is -0.115. The van der Waals surface area contributed by atoms with Crippen LogP contribution in [0.2, 0.25) is 5.28 Å². The third-order valence-electron chi connectivity index (χ3n) is 2.38. The van der Waals surface area contributed by atoms with E-state index in [9.17, 15) is 4.79 Å². The molecule has 1 aliphatic rings. The van der Waals surface area contributed by atoms with E-state index in [0.717, 1.165) is 0 Å². The van der Waals surface area contributed by atoms with E-state index in [0.29, 0.717) is 11.5 Å². The summed E-state index contributed by atoms with van der Waals surface area (Å²) in [6.45, 7) is 6.34. The van der Waals surface area contributed by atoms with Crippen molar-refractivity contribution in [1.82, 2.24) is 9.97 Å². The Morgan fingerprint density at radius 1 is 1.50 bits per heavy atom. The summed E-state index contributed by atoms with van der Waals surface area (Å²) in [5.41, 5.74) is 0.417. The number of fused-ring (bicyclic) bond motifs is 1. The number of rotatable bonds is 0. The number of hydrogen-bond donors (Lipinski definition) is 1. The molecule has 0 unspecified atom stereocenters. The first-order chi connectivity index (χ1) is 7.38. The predicted molar refractivity (Wildman–Crippen MR) is 62.8 cm³/mol. The van der Waals surface area contributed by atoms with Gasteiger partial charge < -0.3 is 10.2 Å². The molecule has 1 aromatic heterocycles. The van der Waals surface area contributed by atoms with Gasteiger partial charge >= 0.3 is 0 Å². The van der Waals surface area contributed by atoms with E-state index in [1.165, 1.54) is 6.20 Å². The highest BCUT2D eigenvalue weighted by Crippen LogP contribution is 2.32. The van der Waals surface area contributed by atoms with Crippen LogP contribution < -0.4 is 10.2 Å². The van der Waals surface area contributed by atoms with E-state index in [1.807, 2.05) is 25.7 Å². The van der Waals surface area contributed by atoms with Crippen molar-refractivity contribution in [2.75, 3.05) is 16.8 Å². The van der Waals surface area contributed by atoms with Gasteiger partial charge in [0.2, 0.25) is 11.2 Å². The Morgan fingerprint density at radius 3 is 2.81 bits per heavy atom. The molecule has 1 aliphatic heterocycles. The van der Waals surface area contributed by atoms with Gasteiger partial charge in [0.1, 0.15) is 5.69 Å². The fourth-order valence-electron chi connectivity index (χ4n) is 1.61. The summed E-state index contributed by atoms with van der Waals surface area (Å²) >= 11 is 5.77. The Morgan fingerprint density at radius 2 is 2.19 bits per heavy atom. The molecule has 0 spiro atoms. The summed E-state index contributed by atoms with van der Waals surface area (Å²) in [5.74, 6) is 0.612. The van der Waals surface area contributed by atoms with Crippen molar-refractivity contribution >= 4 is 29.0 Å². The van der Waals surface area contributed by atoms with Gasteiger partial charge in [0.15, 0.2) is 5.82 Å². The van der Waals surface area contributed by atoms with Gasteiger partial charge in [0.25, 0.3) is 0 Å². The minimum atomic E-state index is -0.190. The molecule has 16 heavy (non-hydrogen) atoms. The molecule has 0 atom stereocenters. The lowest BCUT2D eigenvalue weighted by Gasteiger charge is -2.39. The standard InChI is InChI=1S/C10H13ClN4O/c1-10(2,3)15-5-7(16)13-6-4-12-9(11)14-8(6)15/h4H,5H2,1-3H3,(H,13,16). The maximum absolute atomic E-state index is 11.5. The van der Waals surface area contributed by atoms with Gasteiger partial charge in [0, 0.05) is 5.54 Å². The van der Waals surface area contributed by atoms with E-state index in [2.05, 4.69) is 15.3 Å². The molecule has 0 aliphatic carbocycles. The molecule has 0 radical (unpaired) electrons. The predicted octanol–water partition coefficient (Wildman–Crippen LogP) is 1.69. The number of aromatic nitrogens is 2. The van der Waals surface area contributed by atoms with Gasteiger partial charge in [-0.3, -0.25) is 4.79 Å². The smallest absolute Gasteiger partial charge is 0.244 e. The fourth-order valence-corrected chi connectivity index (χ4v) is 1.74. The second-order valence-corrected chi connectivity index (χ2v) is 5.02. The number of carbonyl (C=O) groups excluding carboxylic acids is 1. The zero-order valence-corrected chi connectivity index (χ0v) is 10.2. The minimum absolute atomic E-state index is 0.0617. The van der Waals surface area contributed by atoms with Gasteiger partial charge in [-0.15, -0.1) is 0 Å². The summed E-state index contributed by atoms with van der Waals surface area (Å²) in [4.78, 5) is 21.5. The number of amides is 1. The summed E-state index contributed by atoms with van der Waals surface area (Å²) in [7, 11) is 0. The van der Waals surface area contributed by atoms with Crippen molar-refractivity contribution in [3.8, 4) is 0 Å². The molecule has 6 heteroatoms. The van der Waals surface area contributed by atoms with Gasteiger partial charge in [0.05, 0.1) is 12.7 Å². The maximum Gasteiger partial charge on any atom is 0.244 e. The van der Waals surface area contributed by atoms with Crippen LogP contribution in [-0.2, 0) is 4.79 Å². The number of anilines is 2. The van der Waals surface area contributed by atoms with Crippen molar-refractivity contribution in [1.29, 1.82) is 0 Å². The lowest BCUT2D eigenvalue weighted by atomic mass is 10.0. The van der Waals surface area contributed by atoms with Crippen LogP contribution in [-0.4, -0.2) is 28.0 Å². The lowest BCUT2D eigenvalue weighted by Crippen LogP contribution is -2.49. The number of hydrogen-bond acceptors (Lipinski definition) is 4. The number of halogens is 1. The molecule has 2 heterocycles. The molecule has 0 saturated carbocycles. The zero-order chi connectivity index (χ0) is 11.9. The van der Waals surface area contributed by atoms with Gasteiger partial charge in [-0.2, -0.15) is 4.98 Å². The first kappa shape index (κ1) is 11.1. The third-order valence-corrected chi connectivity index (χ3v) is 2.56. The van der Waals surface area contributed by atoms with E-state index < -0.39 is 0 Å². The Bertz CT molecular complexity index is 441. The first-order valence-electron chi connectivity index (χ1n) is 4.98. The van der Waals surface area contributed by atoms with Crippen molar-refractivity contribution in [2.45, 2.75) is 26.3 Å². The Labute approximate surface area is 98.8 Å². The quantitative estimate of drug-likeness (QED) is 0.701. The SMILES string of the molecule is CC(C)(C)N1CC(=O)Nc2cnc(Cl)nc21. The first-order valence-corrected chi connectivity index (χ1v) is 5.36. The van der Waals surface area contributed by atoms with E-state index in [1.54, 1.807) is 0 Å². The van der Waals surface area contributed by atoms with Crippen LogP contribution in [0.5, 0.6) is 0 Å². The highest BCUT2D eigenvalue weighted by atomic mass is 35.5. The highest BCUT2D eigenvalue weighted by Gasteiger charge is 2.31. The van der Waals surface area contributed by atoms with E-state index >= 15 is 0 Å². The molecule has 1 aromatic rings. The number of nitrogens with one attached hydrogen (secondary N) is 1. The normalized spacial score (nSPS) is 15.8. The van der Waals surface area contributed by atoms with E-state index in [4.69, 9.17) is 11.6 Å². The second kappa shape index (κ2) is 3.59. The fraction of sp³-hybridized carbons (Fsp3) is 0.500. The molecule has 0 aromatic carbocycles. The summed E-state index contributed by atoms with van der Waals surface area (Å²) in [6.07, 6.45) is 1.53. The van der Waals surface area contributed by atoms with Crippen LogP contribution in [0, 0.1) is 0 Å². The van der Waals surface area contributed by atoms with Crippen LogP contribution in [0.3, 0.4) is 0 Å². The summed E-state index contributed by atoms with van der Waals surface area (Å²) in [5, 5.41) is 2.91. The largest absolute Gasteiger partial charge is 0.341 e. The van der Waals surface area contributed by atoms with Gasteiger partial charge in [-0.25, -0.2) is 4.98 Å². The Kier molecular flexibility index (Phi) is 2.50.